The first-order chi connectivity index (χ1) is 9.54. The number of nitrogens with one attached hydrogen (secondary N) is 1. The Morgan fingerprint density at radius 3 is 2.05 bits per heavy atom. The molecule has 1 heterocycles. The average Bonchev–Trinajstić information content (AvgIpc) is 2.65. The van der Waals surface area contributed by atoms with Crippen molar-refractivity contribution in [1.82, 2.24) is 10.4 Å². The van der Waals surface area contributed by atoms with Crippen molar-refractivity contribution in [2.75, 3.05) is 0 Å². The topological polar surface area (TPSA) is 92.8 Å². The molecule has 0 bridgehead atoms. The van der Waals surface area contributed by atoms with Gasteiger partial charge in [-0.25, -0.2) is 4.79 Å². The first-order valence-corrected chi connectivity index (χ1v) is 5.99. The fraction of sp³-hybridized carbons (Fsp3) is 0.636. The first kappa shape index (κ1) is 16.9. The Kier molecular flexibility index (Phi) is 4.92. The zero-order valence-corrected chi connectivity index (χ0v) is 11.2. The van der Waals surface area contributed by atoms with E-state index in [1.807, 2.05) is 0 Å². The molecule has 1 aliphatic heterocycles. The number of hydrogen-bond acceptors (Lipinski definition) is 5. The lowest BCUT2D eigenvalue weighted by atomic mass is 10.0. The van der Waals surface area contributed by atoms with E-state index in [9.17, 15) is 32.3 Å². The largest absolute Gasteiger partial charge is 0.471 e. The van der Waals surface area contributed by atoms with E-state index in [4.69, 9.17) is 0 Å². The Bertz CT molecular complexity index is 459. The molecule has 1 unspecified atom stereocenters. The maximum absolute atomic E-state index is 12.2. The summed E-state index contributed by atoms with van der Waals surface area (Å²) >= 11 is 0. The van der Waals surface area contributed by atoms with Crippen LogP contribution >= 0.6 is 0 Å². The Hall–Kier alpha value is -2.13. The van der Waals surface area contributed by atoms with Gasteiger partial charge in [0.1, 0.15) is 6.04 Å². The molecule has 0 aromatic rings. The predicted octanol–water partition coefficient (Wildman–Crippen LogP) is 0.297. The maximum Gasteiger partial charge on any atom is 0.471 e. The van der Waals surface area contributed by atoms with Crippen molar-refractivity contribution in [1.29, 1.82) is 0 Å². The average molecular weight is 310 g/mol. The van der Waals surface area contributed by atoms with Crippen molar-refractivity contribution in [2.24, 2.45) is 5.92 Å². The number of rotatable bonds is 4. The lowest BCUT2D eigenvalue weighted by Crippen LogP contribution is -2.51. The van der Waals surface area contributed by atoms with E-state index in [-0.39, 0.29) is 17.9 Å². The standard InChI is InChI=1S/C11H13F3N2O5/c1-5(2)8(15-10(20)11(12,13)14)9(19)21-16-6(17)3-4-7(16)18/h5,8H,3-4H2,1-2H3,(H,15,20). The minimum Gasteiger partial charge on any atom is -0.335 e. The lowest BCUT2D eigenvalue weighted by molar-refractivity contribution is -0.201. The molecule has 10 heteroatoms. The number of hydrogen-bond donors (Lipinski definition) is 1. The van der Waals surface area contributed by atoms with E-state index in [1.165, 1.54) is 19.2 Å². The molecule has 3 amide bonds. The molecule has 1 fully saturated rings. The van der Waals surface area contributed by atoms with Crippen LogP contribution in [0.3, 0.4) is 0 Å². The van der Waals surface area contributed by atoms with Gasteiger partial charge in [0.25, 0.3) is 11.8 Å². The van der Waals surface area contributed by atoms with Crippen molar-refractivity contribution >= 4 is 23.7 Å². The van der Waals surface area contributed by atoms with Crippen molar-refractivity contribution in [3.05, 3.63) is 0 Å². The number of nitrogens with zero attached hydrogens (tertiary/aromatic N) is 1. The van der Waals surface area contributed by atoms with Crippen LogP contribution in [-0.2, 0) is 24.0 Å². The van der Waals surface area contributed by atoms with Crippen LogP contribution in [0.4, 0.5) is 13.2 Å². The second-order valence-electron chi connectivity index (χ2n) is 4.69. The summed E-state index contributed by atoms with van der Waals surface area (Å²) in [6.07, 6.45) is -5.45. The van der Waals surface area contributed by atoms with Crippen LogP contribution in [0.15, 0.2) is 0 Å². The molecule has 1 rings (SSSR count). The fourth-order valence-corrected chi connectivity index (χ4v) is 1.53. The Balaban J connectivity index is 2.77. The number of hydroxylamine groups is 2. The molecule has 1 aliphatic rings. The SMILES string of the molecule is CC(C)C(NC(=O)C(F)(F)F)C(=O)ON1C(=O)CCC1=O. The zero-order chi connectivity index (χ0) is 16.4. The van der Waals surface area contributed by atoms with Crippen LogP contribution in [0.25, 0.3) is 0 Å². The van der Waals surface area contributed by atoms with Crippen LogP contribution in [0.1, 0.15) is 26.7 Å². The third-order valence-electron chi connectivity index (χ3n) is 2.65. The highest BCUT2D eigenvalue weighted by Gasteiger charge is 2.43. The molecular weight excluding hydrogens is 297 g/mol. The lowest BCUT2D eigenvalue weighted by Gasteiger charge is -2.23. The van der Waals surface area contributed by atoms with Crippen LogP contribution in [0, 0.1) is 5.92 Å². The summed E-state index contributed by atoms with van der Waals surface area (Å²) in [4.78, 5) is 49.6. The van der Waals surface area contributed by atoms with E-state index in [2.05, 4.69) is 4.84 Å². The quantitative estimate of drug-likeness (QED) is 0.754. The molecule has 0 aliphatic carbocycles. The van der Waals surface area contributed by atoms with E-state index in [0.29, 0.717) is 0 Å². The van der Waals surface area contributed by atoms with E-state index in [1.54, 1.807) is 0 Å². The van der Waals surface area contributed by atoms with Gasteiger partial charge in [-0.05, 0) is 5.92 Å². The summed E-state index contributed by atoms with van der Waals surface area (Å²) in [7, 11) is 0. The van der Waals surface area contributed by atoms with Crippen molar-refractivity contribution in [3.63, 3.8) is 0 Å². The molecule has 0 radical (unpaired) electrons. The smallest absolute Gasteiger partial charge is 0.335 e. The predicted molar refractivity (Wildman–Crippen MR) is 60.0 cm³/mol. The summed E-state index contributed by atoms with van der Waals surface area (Å²) in [6, 6.07) is -1.64. The van der Waals surface area contributed by atoms with Crippen LogP contribution < -0.4 is 5.32 Å². The fourth-order valence-electron chi connectivity index (χ4n) is 1.53. The van der Waals surface area contributed by atoms with E-state index >= 15 is 0 Å². The number of amides is 3. The second kappa shape index (κ2) is 6.10. The van der Waals surface area contributed by atoms with Gasteiger partial charge in [0, 0.05) is 12.8 Å². The minimum atomic E-state index is -5.16. The second-order valence-corrected chi connectivity index (χ2v) is 4.69. The van der Waals surface area contributed by atoms with Gasteiger partial charge in [-0.15, -0.1) is 5.06 Å². The highest BCUT2D eigenvalue weighted by atomic mass is 19.4. The molecule has 0 saturated carbocycles. The summed E-state index contributed by atoms with van der Waals surface area (Å²) < 4.78 is 36.5. The molecule has 1 atom stereocenters. The molecule has 1 saturated heterocycles. The van der Waals surface area contributed by atoms with Crippen molar-refractivity contribution in [3.8, 4) is 0 Å². The number of imide groups is 1. The zero-order valence-electron chi connectivity index (χ0n) is 11.2. The molecule has 118 valence electrons. The third-order valence-corrected chi connectivity index (χ3v) is 2.65. The number of alkyl halides is 3. The van der Waals surface area contributed by atoms with Gasteiger partial charge in [0.05, 0.1) is 0 Å². The highest BCUT2D eigenvalue weighted by Crippen LogP contribution is 2.17. The minimum absolute atomic E-state index is 0.145. The normalized spacial score (nSPS) is 17.1. The molecule has 0 aromatic heterocycles. The first-order valence-electron chi connectivity index (χ1n) is 5.99. The van der Waals surface area contributed by atoms with Gasteiger partial charge >= 0.3 is 18.1 Å². The number of carbonyl (C=O) groups excluding carboxylic acids is 4. The highest BCUT2D eigenvalue weighted by molar-refractivity contribution is 6.02. The summed E-state index contributed by atoms with van der Waals surface area (Å²) in [5.41, 5.74) is 0. The van der Waals surface area contributed by atoms with E-state index < -0.39 is 41.8 Å². The monoisotopic (exact) mass is 310 g/mol. The molecule has 7 nitrogen and oxygen atoms in total. The molecule has 0 spiro atoms. The molecule has 21 heavy (non-hydrogen) atoms. The van der Waals surface area contributed by atoms with Crippen molar-refractivity contribution in [2.45, 2.75) is 38.9 Å². The Labute approximate surface area is 117 Å². The van der Waals surface area contributed by atoms with Gasteiger partial charge in [0.2, 0.25) is 0 Å². The Morgan fingerprint density at radius 2 is 1.67 bits per heavy atom. The van der Waals surface area contributed by atoms with E-state index in [0.717, 1.165) is 0 Å². The van der Waals surface area contributed by atoms with Gasteiger partial charge in [-0.1, -0.05) is 13.8 Å². The number of halogens is 3. The molecular formula is C11H13F3N2O5. The van der Waals surface area contributed by atoms with Crippen molar-refractivity contribution < 1.29 is 37.2 Å². The van der Waals surface area contributed by atoms with Gasteiger partial charge in [0.15, 0.2) is 0 Å². The summed E-state index contributed by atoms with van der Waals surface area (Å²) in [6.45, 7) is 2.74. The van der Waals surface area contributed by atoms with Crippen LogP contribution in [0.2, 0.25) is 0 Å². The molecule has 1 N–H and O–H groups in total. The summed E-state index contributed by atoms with van der Waals surface area (Å²) in [5.74, 6) is -5.89. The number of carbonyl (C=O) groups is 4. The van der Waals surface area contributed by atoms with Gasteiger partial charge in [-0.3, -0.25) is 14.4 Å². The van der Waals surface area contributed by atoms with Gasteiger partial charge < -0.3 is 10.2 Å². The van der Waals surface area contributed by atoms with Gasteiger partial charge in [-0.2, -0.15) is 13.2 Å². The molecule has 0 aromatic carbocycles. The third kappa shape index (κ3) is 4.17. The Morgan fingerprint density at radius 1 is 1.19 bits per heavy atom. The maximum atomic E-state index is 12.2. The van der Waals surface area contributed by atoms with Crippen LogP contribution in [-0.4, -0.2) is 41.0 Å². The summed E-state index contributed by atoms with van der Waals surface area (Å²) in [5, 5.41) is 1.68. The van der Waals surface area contributed by atoms with Crippen LogP contribution in [0.5, 0.6) is 0 Å².